The van der Waals surface area contributed by atoms with Gasteiger partial charge in [0.1, 0.15) is 0 Å². The standard InChI is InChI=1S/C22H16/c1-16-10-12-17(13-11-16)14-15-22-20-8-4-2-6-18(20)19-7-3-5-9-21(19)22/h2-13,22H,1H3. The van der Waals surface area contributed by atoms with Crippen molar-refractivity contribution in [2.24, 2.45) is 0 Å². The summed E-state index contributed by atoms with van der Waals surface area (Å²) in [6, 6.07) is 25.6. The van der Waals surface area contributed by atoms with Crippen LogP contribution in [-0.4, -0.2) is 0 Å². The fourth-order valence-corrected chi connectivity index (χ4v) is 3.10. The van der Waals surface area contributed by atoms with Gasteiger partial charge in [-0.05, 0) is 41.3 Å². The number of benzene rings is 3. The van der Waals surface area contributed by atoms with Crippen LogP contribution in [0.5, 0.6) is 0 Å². The first-order chi connectivity index (χ1) is 10.8. The summed E-state index contributed by atoms with van der Waals surface area (Å²) in [6.45, 7) is 2.10. The first kappa shape index (κ1) is 12.9. The number of hydrogen-bond acceptors (Lipinski definition) is 0. The number of hydrogen-bond donors (Lipinski definition) is 0. The summed E-state index contributed by atoms with van der Waals surface area (Å²) in [5, 5.41) is 0. The smallest absolute Gasteiger partial charge is 0.0717 e. The molecule has 3 aromatic rings. The Morgan fingerprint density at radius 2 is 1.23 bits per heavy atom. The van der Waals surface area contributed by atoms with Gasteiger partial charge in [-0.2, -0.15) is 0 Å². The quantitative estimate of drug-likeness (QED) is 0.499. The Labute approximate surface area is 131 Å². The van der Waals surface area contributed by atoms with Gasteiger partial charge in [-0.15, -0.1) is 0 Å². The molecular weight excluding hydrogens is 264 g/mol. The minimum Gasteiger partial charge on any atom is -0.0848 e. The molecule has 0 saturated carbocycles. The number of aryl methyl sites for hydroxylation is 1. The number of fused-ring (bicyclic) bond motifs is 3. The third kappa shape index (κ3) is 2.12. The van der Waals surface area contributed by atoms with Gasteiger partial charge in [-0.1, -0.05) is 78.1 Å². The maximum Gasteiger partial charge on any atom is 0.0717 e. The summed E-state index contributed by atoms with van der Waals surface area (Å²) in [4.78, 5) is 0. The van der Waals surface area contributed by atoms with Crippen LogP contribution in [0.2, 0.25) is 0 Å². The van der Waals surface area contributed by atoms with E-state index in [1.165, 1.54) is 27.8 Å². The molecule has 0 nitrogen and oxygen atoms in total. The maximum atomic E-state index is 3.48. The van der Waals surface area contributed by atoms with Gasteiger partial charge < -0.3 is 0 Å². The third-order valence-electron chi connectivity index (χ3n) is 4.25. The van der Waals surface area contributed by atoms with Gasteiger partial charge in [-0.25, -0.2) is 0 Å². The van der Waals surface area contributed by atoms with E-state index in [9.17, 15) is 0 Å². The second-order valence-electron chi connectivity index (χ2n) is 5.74. The highest BCUT2D eigenvalue weighted by Crippen LogP contribution is 2.44. The summed E-state index contributed by atoms with van der Waals surface area (Å²) >= 11 is 0. The molecule has 1 aliphatic carbocycles. The van der Waals surface area contributed by atoms with Crippen LogP contribution in [0.1, 0.15) is 28.2 Å². The lowest BCUT2D eigenvalue weighted by atomic mass is 9.97. The highest BCUT2D eigenvalue weighted by atomic mass is 14.3. The maximum absolute atomic E-state index is 3.48. The molecule has 0 aliphatic heterocycles. The van der Waals surface area contributed by atoms with Crippen LogP contribution in [0.4, 0.5) is 0 Å². The zero-order valence-corrected chi connectivity index (χ0v) is 12.5. The first-order valence-corrected chi connectivity index (χ1v) is 7.59. The largest absolute Gasteiger partial charge is 0.0848 e. The van der Waals surface area contributed by atoms with E-state index >= 15 is 0 Å². The SMILES string of the molecule is Cc1ccc(C#CC2c3ccccc3-c3ccccc32)cc1. The molecule has 0 heterocycles. The van der Waals surface area contributed by atoms with Gasteiger partial charge in [0.05, 0.1) is 5.92 Å². The highest BCUT2D eigenvalue weighted by molar-refractivity contribution is 5.80. The van der Waals surface area contributed by atoms with Crippen LogP contribution < -0.4 is 0 Å². The van der Waals surface area contributed by atoms with Crippen molar-refractivity contribution in [3.8, 4) is 23.0 Å². The summed E-state index contributed by atoms with van der Waals surface area (Å²) < 4.78 is 0. The van der Waals surface area contributed by atoms with Gasteiger partial charge in [0.2, 0.25) is 0 Å². The molecule has 0 radical (unpaired) electrons. The van der Waals surface area contributed by atoms with Gasteiger partial charge in [0.25, 0.3) is 0 Å². The van der Waals surface area contributed by atoms with E-state index in [0.29, 0.717) is 0 Å². The topological polar surface area (TPSA) is 0 Å². The Bertz CT molecular complexity index is 844. The Balaban J connectivity index is 1.81. The van der Waals surface area contributed by atoms with Crippen LogP contribution in [0, 0.1) is 18.8 Å². The minimum absolute atomic E-state index is 0.175. The van der Waals surface area contributed by atoms with Crippen molar-refractivity contribution in [3.05, 3.63) is 95.1 Å². The normalized spacial score (nSPS) is 12.2. The monoisotopic (exact) mass is 280 g/mol. The van der Waals surface area contributed by atoms with Crippen molar-refractivity contribution < 1.29 is 0 Å². The predicted molar refractivity (Wildman–Crippen MR) is 91.8 cm³/mol. The molecule has 0 amide bonds. The molecule has 0 unspecified atom stereocenters. The van der Waals surface area contributed by atoms with E-state index in [1.807, 2.05) is 0 Å². The lowest BCUT2D eigenvalue weighted by molar-refractivity contribution is 1.11. The van der Waals surface area contributed by atoms with Gasteiger partial charge >= 0.3 is 0 Å². The molecule has 0 aromatic heterocycles. The average molecular weight is 280 g/mol. The Kier molecular flexibility index (Phi) is 3.06. The Hall–Kier alpha value is -2.78. The average Bonchev–Trinajstić information content (AvgIpc) is 2.89. The van der Waals surface area contributed by atoms with Crippen LogP contribution in [-0.2, 0) is 0 Å². The first-order valence-electron chi connectivity index (χ1n) is 7.59. The van der Waals surface area contributed by atoms with E-state index in [0.717, 1.165) is 5.56 Å². The summed E-state index contributed by atoms with van der Waals surface area (Å²) in [6.07, 6.45) is 0. The third-order valence-corrected chi connectivity index (χ3v) is 4.25. The highest BCUT2D eigenvalue weighted by Gasteiger charge is 2.26. The lowest BCUT2D eigenvalue weighted by Gasteiger charge is -2.05. The predicted octanol–water partition coefficient (Wildman–Crippen LogP) is 5.16. The Morgan fingerprint density at radius 3 is 1.82 bits per heavy atom. The number of rotatable bonds is 0. The second kappa shape index (κ2) is 5.20. The zero-order valence-electron chi connectivity index (χ0n) is 12.5. The summed E-state index contributed by atoms with van der Waals surface area (Å²) in [7, 11) is 0. The molecule has 0 N–H and O–H groups in total. The van der Waals surface area contributed by atoms with E-state index in [1.54, 1.807) is 0 Å². The molecule has 1 aliphatic rings. The molecule has 104 valence electrons. The van der Waals surface area contributed by atoms with Crippen LogP contribution >= 0.6 is 0 Å². The van der Waals surface area contributed by atoms with Crippen molar-refractivity contribution in [1.29, 1.82) is 0 Å². The molecule has 0 bridgehead atoms. The van der Waals surface area contributed by atoms with Crippen LogP contribution in [0.3, 0.4) is 0 Å². The second-order valence-corrected chi connectivity index (χ2v) is 5.74. The van der Waals surface area contributed by atoms with Crippen molar-refractivity contribution in [3.63, 3.8) is 0 Å². The summed E-state index contributed by atoms with van der Waals surface area (Å²) in [5.74, 6) is 7.00. The van der Waals surface area contributed by atoms with Crippen molar-refractivity contribution >= 4 is 0 Å². The van der Waals surface area contributed by atoms with Crippen LogP contribution in [0.15, 0.2) is 72.8 Å². The molecule has 22 heavy (non-hydrogen) atoms. The fourth-order valence-electron chi connectivity index (χ4n) is 3.10. The van der Waals surface area contributed by atoms with E-state index < -0.39 is 0 Å². The van der Waals surface area contributed by atoms with Crippen molar-refractivity contribution in [1.82, 2.24) is 0 Å². The molecule has 4 rings (SSSR count). The summed E-state index contributed by atoms with van der Waals surface area (Å²) in [5.41, 5.74) is 7.63. The van der Waals surface area contributed by atoms with E-state index in [4.69, 9.17) is 0 Å². The molecular formula is C22H16. The lowest BCUT2D eigenvalue weighted by Crippen LogP contribution is -1.92. The minimum atomic E-state index is 0.175. The molecule has 0 atom stereocenters. The van der Waals surface area contributed by atoms with Gasteiger partial charge in [0, 0.05) is 5.56 Å². The molecule has 0 spiro atoms. The van der Waals surface area contributed by atoms with Crippen molar-refractivity contribution in [2.75, 3.05) is 0 Å². The van der Waals surface area contributed by atoms with Crippen LogP contribution in [0.25, 0.3) is 11.1 Å². The molecule has 0 heteroatoms. The fraction of sp³-hybridized carbons (Fsp3) is 0.0909. The van der Waals surface area contributed by atoms with Gasteiger partial charge in [0.15, 0.2) is 0 Å². The molecule has 0 fully saturated rings. The zero-order chi connectivity index (χ0) is 14.9. The molecule has 0 saturated heterocycles. The Morgan fingerprint density at radius 1 is 0.682 bits per heavy atom. The van der Waals surface area contributed by atoms with Crippen molar-refractivity contribution in [2.45, 2.75) is 12.8 Å². The molecule has 3 aromatic carbocycles. The van der Waals surface area contributed by atoms with E-state index in [-0.39, 0.29) is 5.92 Å². The van der Waals surface area contributed by atoms with E-state index in [2.05, 4.69) is 91.6 Å². The van der Waals surface area contributed by atoms with Gasteiger partial charge in [-0.3, -0.25) is 0 Å².